The molecule has 2 N–H and O–H groups in total. The second-order valence-corrected chi connectivity index (χ2v) is 6.55. The van der Waals surface area contributed by atoms with Crippen LogP contribution in [-0.4, -0.2) is 25.2 Å². The minimum Gasteiger partial charge on any atom is -0.445 e. The minimum atomic E-state index is -0.709. The van der Waals surface area contributed by atoms with Crippen LogP contribution in [0.15, 0.2) is 54.6 Å². The Balaban J connectivity index is 1.94. The zero-order valence-corrected chi connectivity index (χ0v) is 15.9. The fourth-order valence-electron chi connectivity index (χ4n) is 2.55. The molecular weight excluding hydrogens is 344 g/mol. The van der Waals surface area contributed by atoms with Crippen molar-refractivity contribution in [2.24, 2.45) is 5.92 Å². The van der Waals surface area contributed by atoms with Crippen LogP contribution < -0.4 is 10.6 Å². The van der Waals surface area contributed by atoms with Crippen LogP contribution in [0.3, 0.4) is 0 Å². The molecule has 27 heavy (non-hydrogen) atoms. The molecular formula is C21H26N2O4. The topological polar surface area (TPSA) is 76.7 Å². The molecule has 1 atom stereocenters. The van der Waals surface area contributed by atoms with Crippen LogP contribution >= 0.6 is 0 Å². The largest absolute Gasteiger partial charge is 0.445 e. The third-order valence-electron chi connectivity index (χ3n) is 3.94. The molecule has 0 aliphatic carbocycles. The Bertz CT molecular complexity index is 747. The zero-order valence-electron chi connectivity index (χ0n) is 15.9. The summed E-state index contributed by atoms with van der Waals surface area (Å²) in [6.45, 7) is 4.34. The van der Waals surface area contributed by atoms with E-state index < -0.39 is 12.1 Å². The van der Waals surface area contributed by atoms with Crippen molar-refractivity contribution < 1.29 is 19.1 Å². The summed E-state index contributed by atoms with van der Waals surface area (Å²) in [5, 5.41) is 5.49. The predicted molar refractivity (Wildman–Crippen MR) is 104 cm³/mol. The van der Waals surface area contributed by atoms with Crippen molar-refractivity contribution >= 4 is 17.7 Å². The van der Waals surface area contributed by atoms with Crippen molar-refractivity contribution in [3.05, 3.63) is 65.7 Å². The van der Waals surface area contributed by atoms with Gasteiger partial charge in [-0.05, 0) is 29.2 Å². The maximum Gasteiger partial charge on any atom is 0.408 e. The second-order valence-electron chi connectivity index (χ2n) is 6.55. The zero-order chi connectivity index (χ0) is 19.6. The highest BCUT2D eigenvalue weighted by atomic mass is 16.5. The van der Waals surface area contributed by atoms with E-state index in [4.69, 9.17) is 9.47 Å². The van der Waals surface area contributed by atoms with Crippen LogP contribution in [0.5, 0.6) is 0 Å². The summed E-state index contributed by atoms with van der Waals surface area (Å²) >= 11 is 0. The molecule has 0 aromatic heterocycles. The van der Waals surface area contributed by atoms with E-state index in [1.54, 1.807) is 13.2 Å². The lowest BCUT2D eigenvalue weighted by molar-refractivity contribution is -0.119. The molecule has 6 nitrogen and oxygen atoms in total. The van der Waals surface area contributed by atoms with E-state index in [1.807, 2.05) is 62.4 Å². The average Bonchev–Trinajstić information content (AvgIpc) is 2.65. The Morgan fingerprint density at radius 3 is 2.33 bits per heavy atom. The van der Waals surface area contributed by atoms with Gasteiger partial charge in [0, 0.05) is 12.8 Å². The van der Waals surface area contributed by atoms with Crippen molar-refractivity contribution in [3.8, 4) is 0 Å². The Morgan fingerprint density at radius 2 is 1.67 bits per heavy atom. The number of carbonyl (C=O) groups is 2. The summed E-state index contributed by atoms with van der Waals surface area (Å²) in [5.41, 5.74) is 2.49. The molecule has 2 rings (SSSR count). The highest BCUT2D eigenvalue weighted by Gasteiger charge is 2.25. The van der Waals surface area contributed by atoms with Gasteiger partial charge < -0.3 is 20.1 Å². The van der Waals surface area contributed by atoms with Crippen LogP contribution in [0.4, 0.5) is 10.5 Å². The Morgan fingerprint density at radius 1 is 0.963 bits per heavy atom. The summed E-state index contributed by atoms with van der Waals surface area (Å²) in [6.07, 6.45) is -0.624. The first-order chi connectivity index (χ1) is 13.0. The average molecular weight is 370 g/mol. The summed E-state index contributed by atoms with van der Waals surface area (Å²) in [6, 6.07) is 16.1. The minimum absolute atomic E-state index is 0.101. The number of hydrogen-bond acceptors (Lipinski definition) is 4. The lowest BCUT2D eigenvalue weighted by Crippen LogP contribution is -2.47. The number of ether oxygens (including phenoxy) is 2. The molecule has 0 aliphatic heterocycles. The van der Waals surface area contributed by atoms with Gasteiger partial charge in [0.15, 0.2) is 0 Å². The molecule has 2 aromatic carbocycles. The molecule has 6 heteroatoms. The van der Waals surface area contributed by atoms with Gasteiger partial charge in [-0.25, -0.2) is 4.79 Å². The van der Waals surface area contributed by atoms with Crippen LogP contribution in [0.1, 0.15) is 25.0 Å². The summed E-state index contributed by atoms with van der Waals surface area (Å²) in [5.74, 6) is -0.396. The number of carbonyl (C=O) groups excluding carboxylic acids is 2. The maximum absolute atomic E-state index is 12.6. The molecule has 0 unspecified atom stereocenters. The standard InChI is InChI=1S/C21H26N2O4/c1-15(2)19(23-21(25)27-14-16-8-5-4-6-9-16)20(24)22-18-11-7-10-17(12-18)13-26-3/h4-12,15,19H,13-14H2,1-3H3,(H,22,24)(H,23,25)/t19-/m0/s1. The molecule has 2 amide bonds. The van der Waals surface area contributed by atoms with E-state index in [-0.39, 0.29) is 18.4 Å². The molecule has 2 aromatic rings. The normalized spacial score (nSPS) is 11.7. The third-order valence-corrected chi connectivity index (χ3v) is 3.94. The van der Waals surface area contributed by atoms with E-state index in [0.717, 1.165) is 11.1 Å². The molecule has 0 bridgehead atoms. The molecule has 0 heterocycles. The maximum atomic E-state index is 12.6. The Hall–Kier alpha value is -2.86. The lowest BCUT2D eigenvalue weighted by Gasteiger charge is -2.21. The number of methoxy groups -OCH3 is 1. The molecule has 0 fully saturated rings. The van der Waals surface area contributed by atoms with Crippen molar-refractivity contribution in [1.82, 2.24) is 5.32 Å². The van der Waals surface area contributed by atoms with Crippen LogP contribution in [-0.2, 0) is 27.5 Å². The van der Waals surface area contributed by atoms with E-state index in [9.17, 15) is 9.59 Å². The highest BCUT2D eigenvalue weighted by molar-refractivity contribution is 5.96. The quantitative estimate of drug-likeness (QED) is 0.742. The molecule has 0 aliphatic rings. The van der Waals surface area contributed by atoms with Gasteiger partial charge in [-0.3, -0.25) is 4.79 Å². The first-order valence-corrected chi connectivity index (χ1v) is 8.85. The van der Waals surface area contributed by atoms with Crippen LogP contribution in [0, 0.1) is 5.92 Å². The molecule has 0 radical (unpaired) electrons. The fourth-order valence-corrected chi connectivity index (χ4v) is 2.55. The highest BCUT2D eigenvalue weighted by Crippen LogP contribution is 2.13. The predicted octanol–water partition coefficient (Wildman–Crippen LogP) is 3.72. The smallest absolute Gasteiger partial charge is 0.408 e. The number of anilines is 1. The van der Waals surface area contributed by atoms with E-state index in [0.29, 0.717) is 12.3 Å². The molecule has 0 saturated heterocycles. The summed E-state index contributed by atoms with van der Waals surface area (Å²) in [4.78, 5) is 24.7. The first kappa shape index (κ1) is 20.5. The molecule has 0 saturated carbocycles. The second kappa shape index (κ2) is 10.3. The SMILES string of the molecule is COCc1cccc(NC(=O)[C@@H](NC(=O)OCc2ccccc2)C(C)C)c1. The van der Waals surface area contributed by atoms with Crippen molar-refractivity contribution in [3.63, 3.8) is 0 Å². The number of amides is 2. The summed E-state index contributed by atoms with van der Waals surface area (Å²) < 4.78 is 10.3. The van der Waals surface area contributed by atoms with Crippen molar-refractivity contribution in [2.45, 2.75) is 33.1 Å². The van der Waals surface area contributed by atoms with Crippen molar-refractivity contribution in [2.75, 3.05) is 12.4 Å². The molecule has 144 valence electrons. The van der Waals surface area contributed by atoms with Gasteiger partial charge in [0.2, 0.25) is 5.91 Å². The van der Waals surface area contributed by atoms with Crippen molar-refractivity contribution in [1.29, 1.82) is 0 Å². The van der Waals surface area contributed by atoms with Gasteiger partial charge in [0.25, 0.3) is 0 Å². The number of alkyl carbamates (subject to hydrolysis) is 1. The third kappa shape index (κ3) is 6.75. The molecule has 0 spiro atoms. The monoisotopic (exact) mass is 370 g/mol. The van der Waals surface area contributed by atoms with Gasteiger partial charge in [-0.2, -0.15) is 0 Å². The number of hydrogen-bond donors (Lipinski definition) is 2. The van der Waals surface area contributed by atoms with E-state index >= 15 is 0 Å². The fraction of sp³-hybridized carbons (Fsp3) is 0.333. The van der Waals surface area contributed by atoms with Gasteiger partial charge >= 0.3 is 6.09 Å². The Labute approximate surface area is 159 Å². The van der Waals surface area contributed by atoms with Crippen LogP contribution in [0.2, 0.25) is 0 Å². The van der Waals surface area contributed by atoms with E-state index in [1.165, 1.54) is 0 Å². The number of nitrogens with one attached hydrogen (secondary N) is 2. The van der Waals surface area contributed by atoms with Gasteiger partial charge in [-0.15, -0.1) is 0 Å². The Kier molecular flexibility index (Phi) is 7.82. The van der Waals surface area contributed by atoms with Gasteiger partial charge in [0.1, 0.15) is 12.6 Å². The van der Waals surface area contributed by atoms with Gasteiger partial charge in [-0.1, -0.05) is 56.3 Å². The number of benzene rings is 2. The van der Waals surface area contributed by atoms with Crippen LogP contribution in [0.25, 0.3) is 0 Å². The van der Waals surface area contributed by atoms with E-state index in [2.05, 4.69) is 10.6 Å². The number of rotatable bonds is 8. The first-order valence-electron chi connectivity index (χ1n) is 8.85. The lowest BCUT2D eigenvalue weighted by atomic mass is 10.0. The van der Waals surface area contributed by atoms with Gasteiger partial charge in [0.05, 0.1) is 6.61 Å². The summed E-state index contributed by atoms with van der Waals surface area (Å²) in [7, 11) is 1.62.